The molecule has 37 heavy (non-hydrogen) atoms. The quantitative estimate of drug-likeness (QED) is 0.157. The Balaban J connectivity index is 1.52. The van der Waals surface area contributed by atoms with Crippen molar-refractivity contribution in [1.29, 1.82) is 0 Å². The highest BCUT2D eigenvalue weighted by molar-refractivity contribution is 8.03. The van der Waals surface area contributed by atoms with E-state index in [4.69, 9.17) is 39.2 Å². The number of fused-ring (bicyclic) bond motifs is 1. The molecule has 0 saturated carbocycles. The average Bonchev–Trinajstić information content (AvgIpc) is 3.44. The number of hydrogen-bond donors (Lipinski definition) is 1. The summed E-state index contributed by atoms with van der Waals surface area (Å²) in [6.07, 6.45) is 1.64. The summed E-state index contributed by atoms with van der Waals surface area (Å²) in [5, 5.41) is 20.8. The summed E-state index contributed by atoms with van der Waals surface area (Å²) in [6.45, 7) is 2.45. The Kier molecular flexibility index (Phi) is 7.31. The van der Waals surface area contributed by atoms with E-state index in [9.17, 15) is 9.90 Å². The molecule has 2 heterocycles. The van der Waals surface area contributed by atoms with Crippen molar-refractivity contribution in [3.63, 3.8) is 0 Å². The lowest BCUT2D eigenvalue weighted by atomic mass is 10.1. The van der Waals surface area contributed by atoms with Crippen LogP contribution in [0.1, 0.15) is 16.8 Å². The monoisotopic (exact) mass is 569 g/mol. The molecule has 0 unspecified atom stereocenters. The van der Waals surface area contributed by atoms with Gasteiger partial charge in [-0.05, 0) is 72.8 Å². The maximum absolute atomic E-state index is 12.2. The second-order valence-electron chi connectivity index (χ2n) is 8.13. The number of halogens is 3. The van der Waals surface area contributed by atoms with Crippen LogP contribution in [-0.2, 0) is 11.3 Å². The van der Waals surface area contributed by atoms with Gasteiger partial charge < -0.3 is 14.1 Å². The molecule has 0 bridgehead atoms. The van der Waals surface area contributed by atoms with Gasteiger partial charge in [0.05, 0.1) is 0 Å². The maximum Gasteiger partial charge on any atom is 0.342 e. The number of hydrogen-bond acceptors (Lipinski definition) is 5. The second-order valence-corrected chi connectivity index (χ2v) is 10.4. The minimum absolute atomic E-state index is 0.0434. The Bertz CT molecular complexity index is 1660. The first-order valence-corrected chi connectivity index (χ1v) is 13.0. The van der Waals surface area contributed by atoms with Crippen LogP contribution in [0, 0.1) is 6.92 Å². The number of carbonyl (C=O) groups is 1. The summed E-state index contributed by atoms with van der Waals surface area (Å²) in [6, 6.07) is 20.2. The molecule has 0 radical (unpaired) electrons. The molecule has 10 heteroatoms. The van der Waals surface area contributed by atoms with Crippen molar-refractivity contribution in [2.45, 2.75) is 18.7 Å². The largest absolute Gasteiger partial charge is 0.477 e. The van der Waals surface area contributed by atoms with Gasteiger partial charge in [-0.3, -0.25) is 0 Å². The number of rotatable bonds is 7. The second kappa shape index (κ2) is 10.6. The Morgan fingerprint density at radius 3 is 2.49 bits per heavy atom. The standard InChI is InChI=1S/C27H18Cl3N3O3S/c1-15-21(20-4-2-3-5-23(20)33(15)14-17-8-11-19(29)12-22(17)30)13-24(26(34)35)37-27-32-31-25(36-27)16-6-9-18(28)10-7-16/h2-13H,14H2,1H3,(H,34,35)/b24-13-. The molecule has 5 aromatic rings. The van der Waals surface area contributed by atoms with E-state index in [1.54, 1.807) is 42.5 Å². The van der Waals surface area contributed by atoms with Gasteiger partial charge in [-0.2, -0.15) is 0 Å². The summed E-state index contributed by atoms with van der Waals surface area (Å²) < 4.78 is 7.82. The van der Waals surface area contributed by atoms with Crippen molar-refractivity contribution in [2.24, 2.45) is 0 Å². The number of aromatic nitrogens is 3. The molecule has 2 aromatic heterocycles. The molecular weight excluding hydrogens is 553 g/mol. The van der Waals surface area contributed by atoms with Crippen molar-refractivity contribution in [3.8, 4) is 11.5 Å². The summed E-state index contributed by atoms with van der Waals surface area (Å²) in [5.41, 5.74) is 4.21. The number of carboxylic acids is 1. The van der Waals surface area contributed by atoms with Gasteiger partial charge in [0.2, 0.25) is 5.89 Å². The molecule has 0 aliphatic carbocycles. The molecule has 0 fully saturated rings. The van der Waals surface area contributed by atoms with E-state index in [2.05, 4.69) is 14.8 Å². The normalized spacial score (nSPS) is 11.8. The van der Waals surface area contributed by atoms with Crippen molar-refractivity contribution in [2.75, 3.05) is 0 Å². The van der Waals surface area contributed by atoms with E-state index in [-0.39, 0.29) is 16.0 Å². The lowest BCUT2D eigenvalue weighted by Crippen LogP contribution is -2.03. The van der Waals surface area contributed by atoms with Gasteiger partial charge in [-0.15, -0.1) is 10.2 Å². The summed E-state index contributed by atoms with van der Waals surface area (Å²) in [5.74, 6) is -0.829. The zero-order valence-corrected chi connectivity index (χ0v) is 22.4. The number of thioether (sulfide) groups is 1. The molecule has 186 valence electrons. The highest BCUT2D eigenvalue weighted by atomic mass is 35.5. The predicted octanol–water partition coefficient (Wildman–Crippen LogP) is 8.23. The van der Waals surface area contributed by atoms with E-state index in [0.29, 0.717) is 27.2 Å². The Morgan fingerprint density at radius 1 is 1.03 bits per heavy atom. The predicted molar refractivity (Wildman–Crippen MR) is 148 cm³/mol. The van der Waals surface area contributed by atoms with Crippen molar-refractivity contribution in [1.82, 2.24) is 14.8 Å². The first-order valence-electron chi connectivity index (χ1n) is 11.0. The Labute approximate surface area is 231 Å². The van der Waals surface area contributed by atoms with Gasteiger partial charge in [0.25, 0.3) is 5.22 Å². The minimum Gasteiger partial charge on any atom is -0.477 e. The molecule has 6 nitrogen and oxygen atoms in total. The van der Waals surface area contributed by atoms with Crippen LogP contribution < -0.4 is 0 Å². The summed E-state index contributed by atoms with van der Waals surface area (Å²) in [4.78, 5) is 12.3. The van der Waals surface area contributed by atoms with Gasteiger partial charge in [0.15, 0.2) is 0 Å². The van der Waals surface area contributed by atoms with Crippen LogP contribution in [0.5, 0.6) is 0 Å². The van der Waals surface area contributed by atoms with Gasteiger partial charge in [0.1, 0.15) is 4.91 Å². The summed E-state index contributed by atoms with van der Waals surface area (Å²) >= 11 is 19.3. The van der Waals surface area contributed by atoms with E-state index in [1.807, 2.05) is 37.3 Å². The fourth-order valence-corrected chi connectivity index (χ4v) is 5.23. The number of nitrogens with zero attached hydrogens (tertiary/aromatic N) is 3. The number of carboxylic acid groups (broad SMARTS) is 1. The van der Waals surface area contributed by atoms with E-state index < -0.39 is 5.97 Å². The van der Waals surface area contributed by atoms with Gasteiger partial charge in [-0.25, -0.2) is 4.79 Å². The van der Waals surface area contributed by atoms with Crippen molar-refractivity contribution >= 4 is 69.5 Å². The molecular formula is C27H18Cl3N3O3S. The van der Waals surface area contributed by atoms with Crippen LogP contribution in [0.3, 0.4) is 0 Å². The third kappa shape index (κ3) is 5.40. The maximum atomic E-state index is 12.2. The first-order chi connectivity index (χ1) is 17.8. The molecule has 5 rings (SSSR count). The van der Waals surface area contributed by atoms with Crippen LogP contribution in [0.2, 0.25) is 15.1 Å². The van der Waals surface area contributed by atoms with Crippen LogP contribution in [0.4, 0.5) is 0 Å². The molecule has 0 saturated heterocycles. The molecule has 0 spiro atoms. The third-order valence-corrected chi connectivity index (χ3v) is 7.50. The third-order valence-electron chi connectivity index (χ3n) is 5.80. The fourth-order valence-electron chi connectivity index (χ4n) is 3.98. The lowest BCUT2D eigenvalue weighted by molar-refractivity contribution is -0.131. The highest BCUT2D eigenvalue weighted by Gasteiger charge is 2.20. The van der Waals surface area contributed by atoms with Crippen LogP contribution >= 0.6 is 46.6 Å². The van der Waals surface area contributed by atoms with Crippen LogP contribution in [0.15, 0.2) is 81.3 Å². The topological polar surface area (TPSA) is 81.2 Å². The molecule has 0 amide bonds. The van der Waals surface area contributed by atoms with Gasteiger partial charge >= 0.3 is 5.97 Å². The first kappa shape index (κ1) is 25.4. The summed E-state index contributed by atoms with van der Waals surface area (Å²) in [7, 11) is 0. The van der Waals surface area contributed by atoms with Gasteiger partial charge in [-0.1, -0.05) is 59.1 Å². The number of para-hydroxylation sites is 1. The molecule has 3 aromatic carbocycles. The van der Waals surface area contributed by atoms with Crippen LogP contribution in [0.25, 0.3) is 28.4 Å². The molecule has 1 N–H and O–H groups in total. The highest BCUT2D eigenvalue weighted by Crippen LogP contribution is 2.35. The number of benzene rings is 3. The van der Waals surface area contributed by atoms with E-state index in [1.165, 1.54) is 0 Å². The fraction of sp³-hybridized carbons (Fsp3) is 0.0741. The minimum atomic E-state index is -1.10. The SMILES string of the molecule is Cc1c(/C=C(\Sc2nnc(-c3ccc(Cl)cc3)o2)C(=O)O)c2ccccc2n1Cc1ccc(Cl)cc1Cl. The van der Waals surface area contributed by atoms with Crippen molar-refractivity contribution < 1.29 is 14.3 Å². The zero-order valence-electron chi connectivity index (χ0n) is 19.3. The average molecular weight is 571 g/mol. The van der Waals surface area contributed by atoms with Crippen molar-refractivity contribution in [3.05, 3.63) is 104 Å². The van der Waals surface area contributed by atoms with E-state index in [0.717, 1.165) is 39.5 Å². The zero-order chi connectivity index (χ0) is 26.1. The number of aliphatic carboxylic acids is 1. The smallest absolute Gasteiger partial charge is 0.342 e. The van der Waals surface area contributed by atoms with Crippen LogP contribution in [-0.4, -0.2) is 25.8 Å². The Hall–Kier alpha value is -3.23. The molecule has 0 aliphatic heterocycles. The van der Waals surface area contributed by atoms with Gasteiger partial charge in [0, 0.05) is 49.3 Å². The molecule has 0 atom stereocenters. The Morgan fingerprint density at radius 2 is 1.76 bits per heavy atom. The lowest BCUT2D eigenvalue weighted by Gasteiger charge is -2.11. The van der Waals surface area contributed by atoms with E-state index >= 15 is 0 Å². The molecule has 0 aliphatic rings.